The molecule has 7 heteroatoms. The molecule has 0 aromatic heterocycles. The van der Waals surface area contributed by atoms with E-state index < -0.39 is 39.5 Å². The summed E-state index contributed by atoms with van der Waals surface area (Å²) in [5.74, 6) is -0.413. The summed E-state index contributed by atoms with van der Waals surface area (Å²) in [5, 5.41) is 0. The standard InChI is InChI=1S/C6H10F3NO2S/c7-6(8,9)5(4-10)2-1-3-13(5,11)12/h1-4,10H2. The lowest BCUT2D eigenvalue weighted by molar-refractivity contribution is -0.159. The minimum absolute atomic E-state index is 0.0407. The number of sulfone groups is 1. The summed E-state index contributed by atoms with van der Waals surface area (Å²) < 4.78 is 57.0. The number of hydrogen-bond acceptors (Lipinski definition) is 3. The molecule has 13 heavy (non-hydrogen) atoms. The molecule has 0 spiro atoms. The van der Waals surface area contributed by atoms with E-state index >= 15 is 0 Å². The second kappa shape index (κ2) is 2.84. The lowest BCUT2D eigenvalue weighted by atomic mass is 10.0. The van der Waals surface area contributed by atoms with Gasteiger partial charge in [-0.25, -0.2) is 8.42 Å². The Morgan fingerprint density at radius 2 is 1.92 bits per heavy atom. The number of halogens is 3. The van der Waals surface area contributed by atoms with Crippen molar-refractivity contribution in [3.63, 3.8) is 0 Å². The Kier molecular flexibility index (Phi) is 2.36. The van der Waals surface area contributed by atoms with Gasteiger partial charge in [0.25, 0.3) is 0 Å². The Morgan fingerprint density at radius 1 is 1.38 bits per heavy atom. The van der Waals surface area contributed by atoms with Crippen LogP contribution in [0.15, 0.2) is 0 Å². The van der Waals surface area contributed by atoms with Crippen molar-refractivity contribution in [2.75, 3.05) is 12.3 Å². The largest absolute Gasteiger partial charge is 0.409 e. The predicted octanol–water partition coefficient (Wildman–Crippen LogP) is 0.455. The van der Waals surface area contributed by atoms with Crippen LogP contribution in [-0.4, -0.2) is 31.6 Å². The lowest BCUT2D eigenvalue weighted by Gasteiger charge is -2.28. The van der Waals surface area contributed by atoms with Gasteiger partial charge in [0, 0.05) is 6.54 Å². The molecule has 0 aromatic carbocycles. The smallest absolute Gasteiger partial charge is 0.329 e. The third-order valence-corrected chi connectivity index (χ3v) is 5.05. The zero-order valence-electron chi connectivity index (χ0n) is 6.76. The van der Waals surface area contributed by atoms with Crippen LogP contribution in [0.3, 0.4) is 0 Å². The zero-order chi connectivity index (χ0) is 10.3. The molecule has 1 aliphatic heterocycles. The molecule has 1 saturated heterocycles. The van der Waals surface area contributed by atoms with Crippen molar-refractivity contribution in [2.45, 2.75) is 23.8 Å². The van der Waals surface area contributed by atoms with Crippen LogP contribution in [0.2, 0.25) is 0 Å². The first-order valence-corrected chi connectivity index (χ1v) is 5.41. The first-order valence-electron chi connectivity index (χ1n) is 3.76. The molecule has 2 N–H and O–H groups in total. The molecule has 3 nitrogen and oxygen atoms in total. The van der Waals surface area contributed by atoms with Crippen molar-refractivity contribution in [1.29, 1.82) is 0 Å². The van der Waals surface area contributed by atoms with Gasteiger partial charge in [-0.15, -0.1) is 0 Å². The maximum absolute atomic E-state index is 12.5. The van der Waals surface area contributed by atoms with Gasteiger partial charge in [0.1, 0.15) is 0 Å². The molecule has 1 fully saturated rings. The van der Waals surface area contributed by atoms with Gasteiger partial charge in [-0.3, -0.25) is 0 Å². The minimum atomic E-state index is -4.75. The van der Waals surface area contributed by atoms with Gasteiger partial charge in [0.05, 0.1) is 5.75 Å². The average molecular weight is 217 g/mol. The van der Waals surface area contributed by atoms with E-state index in [0.717, 1.165) is 0 Å². The quantitative estimate of drug-likeness (QED) is 0.694. The highest BCUT2D eigenvalue weighted by molar-refractivity contribution is 7.93. The molecule has 1 heterocycles. The topological polar surface area (TPSA) is 60.2 Å². The highest BCUT2D eigenvalue weighted by Gasteiger charge is 2.64. The van der Waals surface area contributed by atoms with E-state index in [1.165, 1.54) is 0 Å². The van der Waals surface area contributed by atoms with Crippen molar-refractivity contribution in [3.8, 4) is 0 Å². The van der Waals surface area contributed by atoms with Gasteiger partial charge in [-0.05, 0) is 12.8 Å². The monoisotopic (exact) mass is 217 g/mol. The molecule has 0 aromatic rings. The van der Waals surface area contributed by atoms with Crippen molar-refractivity contribution >= 4 is 9.84 Å². The predicted molar refractivity (Wildman–Crippen MR) is 40.9 cm³/mol. The molecule has 78 valence electrons. The Balaban J connectivity index is 3.23. The van der Waals surface area contributed by atoms with E-state index in [4.69, 9.17) is 5.73 Å². The van der Waals surface area contributed by atoms with Gasteiger partial charge in [-0.1, -0.05) is 0 Å². The zero-order valence-corrected chi connectivity index (χ0v) is 7.58. The summed E-state index contributed by atoms with van der Waals surface area (Å²) >= 11 is 0. The third kappa shape index (κ3) is 1.34. The van der Waals surface area contributed by atoms with Gasteiger partial charge in [0.2, 0.25) is 0 Å². The van der Waals surface area contributed by atoms with Crippen LogP contribution in [0.5, 0.6) is 0 Å². The molecule has 0 bridgehead atoms. The number of hydrogen-bond donors (Lipinski definition) is 1. The van der Waals surface area contributed by atoms with Crippen LogP contribution in [0, 0.1) is 0 Å². The molecule has 0 radical (unpaired) electrons. The summed E-state index contributed by atoms with van der Waals surface area (Å²) in [6.07, 6.45) is -5.12. The molecular weight excluding hydrogens is 207 g/mol. The van der Waals surface area contributed by atoms with Gasteiger partial charge < -0.3 is 5.73 Å². The lowest BCUT2D eigenvalue weighted by Crippen LogP contribution is -2.54. The van der Waals surface area contributed by atoms with Crippen LogP contribution < -0.4 is 5.73 Å². The van der Waals surface area contributed by atoms with E-state index in [-0.39, 0.29) is 6.42 Å². The van der Waals surface area contributed by atoms with Crippen LogP contribution in [0.1, 0.15) is 12.8 Å². The molecule has 1 rings (SSSR count). The highest BCUT2D eigenvalue weighted by Crippen LogP contribution is 2.44. The Hall–Kier alpha value is -0.300. The van der Waals surface area contributed by atoms with E-state index in [2.05, 4.69) is 0 Å². The average Bonchev–Trinajstić information content (AvgIpc) is 2.24. The fraction of sp³-hybridized carbons (Fsp3) is 1.00. The van der Waals surface area contributed by atoms with Gasteiger partial charge in [0.15, 0.2) is 14.6 Å². The van der Waals surface area contributed by atoms with Crippen LogP contribution >= 0.6 is 0 Å². The number of rotatable bonds is 1. The first kappa shape index (κ1) is 10.8. The van der Waals surface area contributed by atoms with Crippen molar-refractivity contribution < 1.29 is 21.6 Å². The molecule has 0 aliphatic carbocycles. The van der Waals surface area contributed by atoms with E-state index in [9.17, 15) is 21.6 Å². The molecular formula is C6H10F3NO2S. The summed E-state index contributed by atoms with van der Waals surface area (Å²) in [6.45, 7) is -0.876. The summed E-state index contributed by atoms with van der Waals surface area (Å²) in [7, 11) is -4.11. The second-order valence-electron chi connectivity index (χ2n) is 3.12. The molecule has 0 saturated carbocycles. The maximum atomic E-state index is 12.5. The summed E-state index contributed by atoms with van der Waals surface area (Å²) in [5.41, 5.74) is 4.93. The molecule has 1 atom stereocenters. The first-order chi connectivity index (χ1) is 5.77. The molecule has 1 unspecified atom stereocenters. The third-order valence-electron chi connectivity index (χ3n) is 2.44. The Bertz CT molecular complexity index is 297. The van der Waals surface area contributed by atoms with Crippen LogP contribution in [0.4, 0.5) is 13.2 Å². The molecule has 0 amide bonds. The van der Waals surface area contributed by atoms with Crippen molar-refractivity contribution in [2.24, 2.45) is 5.73 Å². The highest BCUT2D eigenvalue weighted by atomic mass is 32.2. The van der Waals surface area contributed by atoms with E-state index in [0.29, 0.717) is 0 Å². The second-order valence-corrected chi connectivity index (χ2v) is 5.54. The fourth-order valence-electron chi connectivity index (χ4n) is 1.56. The Morgan fingerprint density at radius 3 is 2.08 bits per heavy atom. The van der Waals surface area contributed by atoms with E-state index in [1.54, 1.807) is 0 Å². The SMILES string of the molecule is NCC1(C(F)(F)F)CCCS1(=O)=O. The van der Waals surface area contributed by atoms with Crippen LogP contribution in [0.25, 0.3) is 0 Å². The Labute approximate surface area is 74.0 Å². The van der Waals surface area contributed by atoms with Crippen molar-refractivity contribution in [1.82, 2.24) is 0 Å². The minimum Gasteiger partial charge on any atom is -0.329 e. The van der Waals surface area contributed by atoms with Crippen molar-refractivity contribution in [3.05, 3.63) is 0 Å². The van der Waals surface area contributed by atoms with Gasteiger partial charge in [-0.2, -0.15) is 13.2 Å². The fourth-order valence-corrected chi connectivity index (χ4v) is 3.54. The van der Waals surface area contributed by atoms with E-state index in [1.807, 2.05) is 0 Å². The normalized spacial score (nSPS) is 33.5. The van der Waals surface area contributed by atoms with Gasteiger partial charge >= 0.3 is 6.18 Å². The number of alkyl halides is 3. The van der Waals surface area contributed by atoms with Crippen LogP contribution in [-0.2, 0) is 9.84 Å². The number of nitrogens with two attached hydrogens (primary N) is 1. The molecule has 1 aliphatic rings. The summed E-state index contributed by atoms with van der Waals surface area (Å²) in [6, 6.07) is 0. The maximum Gasteiger partial charge on any atom is 0.409 e. The summed E-state index contributed by atoms with van der Waals surface area (Å²) in [4.78, 5) is 0.